The maximum atomic E-state index is 12.3. The summed E-state index contributed by atoms with van der Waals surface area (Å²) in [6.07, 6.45) is -0.00718. The van der Waals surface area contributed by atoms with E-state index in [2.05, 4.69) is 27.8 Å². The van der Waals surface area contributed by atoms with Crippen LogP contribution in [0.25, 0.3) is 11.1 Å². The molecule has 0 radical (unpaired) electrons. The van der Waals surface area contributed by atoms with E-state index in [1.54, 1.807) is 7.05 Å². The molecule has 0 saturated carbocycles. The molecule has 0 heterocycles. The van der Waals surface area contributed by atoms with Crippen molar-refractivity contribution < 1.29 is 19.4 Å². The molecule has 0 aliphatic heterocycles. The molecule has 158 valence electrons. The topological polar surface area (TPSA) is 126 Å². The average Bonchev–Trinajstić information content (AvgIpc) is 3.07. The summed E-state index contributed by atoms with van der Waals surface area (Å²) in [5, 5.41) is 14.7. The number of hydrogen-bond acceptors (Lipinski definition) is 4. The Morgan fingerprint density at radius 3 is 2.30 bits per heavy atom. The van der Waals surface area contributed by atoms with Gasteiger partial charge >= 0.3 is 12.1 Å². The van der Waals surface area contributed by atoms with Gasteiger partial charge in [0.15, 0.2) is 5.96 Å². The zero-order valence-corrected chi connectivity index (χ0v) is 16.8. The third kappa shape index (κ3) is 4.89. The van der Waals surface area contributed by atoms with Crippen LogP contribution in [0.2, 0.25) is 0 Å². The molecule has 0 spiro atoms. The summed E-state index contributed by atoms with van der Waals surface area (Å²) >= 11 is 0. The molecule has 0 saturated heterocycles. The Morgan fingerprint density at radius 1 is 1.13 bits per heavy atom. The van der Waals surface area contributed by atoms with Crippen molar-refractivity contribution in [1.82, 2.24) is 10.6 Å². The predicted molar refractivity (Wildman–Crippen MR) is 114 cm³/mol. The summed E-state index contributed by atoms with van der Waals surface area (Å²) in [6, 6.07) is 15.0. The van der Waals surface area contributed by atoms with Crippen LogP contribution in [-0.2, 0) is 9.53 Å². The number of alkyl carbamates (subject to hydrolysis) is 1. The number of guanidine groups is 1. The van der Waals surface area contributed by atoms with Crippen molar-refractivity contribution in [3.8, 4) is 11.1 Å². The Balaban J connectivity index is 1.56. The number of amides is 1. The van der Waals surface area contributed by atoms with E-state index in [0.717, 1.165) is 22.3 Å². The summed E-state index contributed by atoms with van der Waals surface area (Å²) < 4.78 is 5.41. The highest BCUT2D eigenvalue weighted by atomic mass is 16.5. The van der Waals surface area contributed by atoms with Crippen LogP contribution in [0, 0.1) is 0 Å². The van der Waals surface area contributed by atoms with Crippen LogP contribution in [0.1, 0.15) is 29.9 Å². The van der Waals surface area contributed by atoms with Gasteiger partial charge in [0.2, 0.25) is 0 Å². The maximum absolute atomic E-state index is 12.3. The minimum atomic E-state index is -1.11. The molecule has 0 aromatic heterocycles. The minimum absolute atomic E-state index is 0.0769. The normalized spacial score (nSPS) is 13.8. The predicted octanol–water partition coefficient (Wildman–Crippen LogP) is 2.29. The summed E-state index contributed by atoms with van der Waals surface area (Å²) in [5.41, 5.74) is 9.99. The summed E-state index contributed by atoms with van der Waals surface area (Å²) in [5.74, 6) is -0.904. The lowest BCUT2D eigenvalue weighted by Crippen LogP contribution is -2.42. The molecule has 0 fully saturated rings. The number of aliphatic imine (C=N–C) groups is 1. The van der Waals surface area contributed by atoms with Crippen LogP contribution in [0.15, 0.2) is 53.5 Å². The van der Waals surface area contributed by atoms with Gasteiger partial charge in [-0.3, -0.25) is 4.99 Å². The van der Waals surface area contributed by atoms with Crippen LogP contribution in [0.4, 0.5) is 4.79 Å². The van der Waals surface area contributed by atoms with Crippen molar-refractivity contribution in [2.75, 3.05) is 20.2 Å². The molecular weight excluding hydrogens is 384 g/mol. The Bertz CT molecular complexity index is 899. The highest BCUT2D eigenvalue weighted by molar-refractivity contribution is 5.81. The van der Waals surface area contributed by atoms with Gasteiger partial charge in [-0.25, -0.2) is 9.59 Å². The van der Waals surface area contributed by atoms with Crippen LogP contribution in [-0.4, -0.2) is 49.4 Å². The molecule has 1 amide bonds. The van der Waals surface area contributed by atoms with Crippen LogP contribution in [0.5, 0.6) is 0 Å². The summed E-state index contributed by atoms with van der Waals surface area (Å²) in [6.45, 7) is 0.594. The van der Waals surface area contributed by atoms with Gasteiger partial charge in [0.05, 0.1) is 0 Å². The molecule has 1 aliphatic carbocycles. The van der Waals surface area contributed by atoms with E-state index in [9.17, 15) is 14.7 Å². The average molecular weight is 410 g/mol. The van der Waals surface area contributed by atoms with Gasteiger partial charge in [-0.1, -0.05) is 48.5 Å². The van der Waals surface area contributed by atoms with Gasteiger partial charge in [0.25, 0.3) is 0 Å². The molecule has 1 atom stereocenters. The second-order valence-corrected chi connectivity index (χ2v) is 7.04. The number of ether oxygens (including phenoxy) is 1. The lowest BCUT2D eigenvalue weighted by atomic mass is 9.98. The second kappa shape index (κ2) is 9.78. The third-order valence-electron chi connectivity index (χ3n) is 5.15. The fraction of sp³-hybridized carbons (Fsp3) is 0.318. The quantitative estimate of drug-likeness (QED) is 0.301. The van der Waals surface area contributed by atoms with Gasteiger partial charge < -0.3 is 26.2 Å². The van der Waals surface area contributed by atoms with Crippen molar-refractivity contribution >= 4 is 18.0 Å². The molecule has 2 aromatic rings. The summed E-state index contributed by atoms with van der Waals surface area (Å²) in [7, 11) is 1.56. The van der Waals surface area contributed by atoms with Crippen molar-refractivity contribution in [3.63, 3.8) is 0 Å². The number of carbonyl (C=O) groups is 2. The van der Waals surface area contributed by atoms with E-state index in [0.29, 0.717) is 13.0 Å². The number of nitrogens with two attached hydrogens (primary N) is 1. The number of carbonyl (C=O) groups excluding carboxylic acids is 1. The third-order valence-corrected chi connectivity index (χ3v) is 5.15. The number of nitrogens with zero attached hydrogens (tertiary/aromatic N) is 1. The largest absolute Gasteiger partial charge is 0.480 e. The second-order valence-electron chi connectivity index (χ2n) is 7.04. The van der Waals surface area contributed by atoms with Crippen LogP contribution < -0.4 is 16.4 Å². The van der Waals surface area contributed by atoms with E-state index in [-0.39, 0.29) is 24.9 Å². The lowest BCUT2D eigenvalue weighted by Gasteiger charge is -2.17. The Hall–Kier alpha value is -3.55. The first-order valence-corrected chi connectivity index (χ1v) is 9.81. The van der Waals surface area contributed by atoms with E-state index in [1.165, 1.54) is 0 Å². The fourth-order valence-electron chi connectivity index (χ4n) is 3.64. The first-order chi connectivity index (χ1) is 14.5. The first kappa shape index (κ1) is 21.2. The first-order valence-electron chi connectivity index (χ1n) is 9.81. The van der Waals surface area contributed by atoms with E-state index >= 15 is 0 Å². The molecule has 1 aliphatic rings. The van der Waals surface area contributed by atoms with Crippen LogP contribution in [0.3, 0.4) is 0 Å². The molecule has 30 heavy (non-hydrogen) atoms. The van der Waals surface area contributed by atoms with Gasteiger partial charge in [-0.15, -0.1) is 0 Å². The van der Waals surface area contributed by atoms with Crippen molar-refractivity contribution in [3.05, 3.63) is 59.7 Å². The minimum Gasteiger partial charge on any atom is -0.480 e. The van der Waals surface area contributed by atoms with Gasteiger partial charge in [-0.05, 0) is 35.1 Å². The summed E-state index contributed by atoms with van der Waals surface area (Å²) in [4.78, 5) is 27.5. The van der Waals surface area contributed by atoms with Gasteiger partial charge in [0.1, 0.15) is 12.6 Å². The van der Waals surface area contributed by atoms with E-state index in [4.69, 9.17) is 10.5 Å². The zero-order chi connectivity index (χ0) is 21.5. The lowest BCUT2D eigenvalue weighted by molar-refractivity contribution is -0.139. The molecule has 0 bridgehead atoms. The monoisotopic (exact) mass is 410 g/mol. The highest BCUT2D eigenvalue weighted by Gasteiger charge is 2.29. The van der Waals surface area contributed by atoms with E-state index < -0.39 is 18.1 Å². The fourth-order valence-corrected chi connectivity index (χ4v) is 3.64. The van der Waals surface area contributed by atoms with Gasteiger partial charge in [0, 0.05) is 19.5 Å². The molecule has 8 nitrogen and oxygen atoms in total. The highest BCUT2D eigenvalue weighted by Crippen LogP contribution is 2.44. The molecular formula is C22H26N4O4. The SMILES string of the molecule is CN=C(N)NCCC[C@H](NC(=O)OCC1c2ccccc2-c2ccccc21)C(=O)O. The number of fused-ring (bicyclic) bond motifs is 3. The molecule has 5 N–H and O–H groups in total. The molecule has 3 rings (SSSR count). The molecule has 8 heteroatoms. The van der Waals surface area contributed by atoms with E-state index in [1.807, 2.05) is 36.4 Å². The number of carboxylic acids is 1. The zero-order valence-electron chi connectivity index (χ0n) is 16.8. The number of aliphatic carboxylic acids is 1. The number of hydrogen-bond donors (Lipinski definition) is 4. The smallest absolute Gasteiger partial charge is 0.407 e. The van der Waals surface area contributed by atoms with Crippen molar-refractivity contribution in [2.24, 2.45) is 10.7 Å². The Morgan fingerprint density at radius 2 is 1.73 bits per heavy atom. The standard InChI is InChI=1S/C22H26N4O4/c1-24-21(23)25-12-6-11-19(20(27)28)26-22(29)30-13-18-16-9-4-2-7-14(16)15-8-3-5-10-17(15)18/h2-5,7-10,18-19H,6,11-13H2,1H3,(H,26,29)(H,27,28)(H3,23,24,25)/t19-/m0/s1. The number of rotatable bonds is 8. The van der Waals surface area contributed by atoms with Crippen LogP contribution >= 0.6 is 0 Å². The number of nitrogens with one attached hydrogen (secondary N) is 2. The van der Waals surface area contributed by atoms with Crippen molar-refractivity contribution in [1.29, 1.82) is 0 Å². The molecule has 0 unspecified atom stereocenters. The Kier molecular flexibility index (Phi) is 6.90. The number of benzene rings is 2. The number of carboxylic acid groups (broad SMARTS) is 1. The van der Waals surface area contributed by atoms with Crippen molar-refractivity contribution in [2.45, 2.75) is 24.8 Å². The molecule has 2 aromatic carbocycles. The Labute approximate surface area is 175 Å². The maximum Gasteiger partial charge on any atom is 0.407 e. The van der Waals surface area contributed by atoms with Gasteiger partial charge in [-0.2, -0.15) is 0 Å².